The van der Waals surface area contributed by atoms with Gasteiger partial charge in [-0.1, -0.05) is 12.1 Å². The van der Waals surface area contributed by atoms with Crippen LogP contribution in [0.2, 0.25) is 0 Å². The predicted octanol–water partition coefficient (Wildman–Crippen LogP) is 4.06. The van der Waals surface area contributed by atoms with Crippen molar-refractivity contribution in [3.63, 3.8) is 0 Å². The van der Waals surface area contributed by atoms with Crippen LogP contribution in [0.3, 0.4) is 0 Å². The van der Waals surface area contributed by atoms with Gasteiger partial charge in [0.05, 0.1) is 18.1 Å². The minimum Gasteiger partial charge on any atom is -0.392 e. The summed E-state index contributed by atoms with van der Waals surface area (Å²) in [7, 11) is 0. The first kappa shape index (κ1) is 19.4. The molecule has 1 unspecified atom stereocenters. The number of pyridine rings is 1. The Morgan fingerprint density at radius 2 is 1.85 bits per heavy atom. The van der Waals surface area contributed by atoms with Gasteiger partial charge in [0.25, 0.3) is 0 Å². The highest BCUT2D eigenvalue weighted by atomic mass is 19.4. The van der Waals surface area contributed by atoms with Crippen molar-refractivity contribution in [3.8, 4) is 0 Å². The van der Waals surface area contributed by atoms with Crippen molar-refractivity contribution in [2.45, 2.75) is 51.4 Å². The number of fused-ring (bicyclic) bond motifs is 1. The second kappa shape index (κ2) is 6.64. The van der Waals surface area contributed by atoms with Gasteiger partial charge in [0.1, 0.15) is 5.82 Å². The van der Waals surface area contributed by atoms with Crippen LogP contribution in [0.4, 0.5) is 19.0 Å². The van der Waals surface area contributed by atoms with E-state index in [0.29, 0.717) is 22.5 Å². The largest absolute Gasteiger partial charge is 0.416 e. The monoisotopic (exact) mass is 378 g/mol. The number of aromatic nitrogens is 1. The topological polar surface area (TPSA) is 53.4 Å². The van der Waals surface area contributed by atoms with E-state index >= 15 is 0 Å². The highest BCUT2D eigenvalue weighted by molar-refractivity contribution is 6.05. The van der Waals surface area contributed by atoms with Gasteiger partial charge >= 0.3 is 6.18 Å². The number of benzene rings is 1. The van der Waals surface area contributed by atoms with Gasteiger partial charge in [-0.2, -0.15) is 13.2 Å². The SMILES string of the molecule is CC(C)(C)N1C(=O)C(Cc2cc(C(F)(F)F)ccc2CO)c2cccnc21. The van der Waals surface area contributed by atoms with Crippen LogP contribution in [-0.2, 0) is 24.0 Å². The van der Waals surface area contributed by atoms with Crippen LogP contribution in [0, 0.1) is 0 Å². The van der Waals surface area contributed by atoms with E-state index in [0.717, 1.165) is 12.1 Å². The average molecular weight is 378 g/mol. The van der Waals surface area contributed by atoms with Crippen molar-refractivity contribution in [2.75, 3.05) is 4.90 Å². The molecule has 7 heteroatoms. The van der Waals surface area contributed by atoms with Crippen LogP contribution in [0.15, 0.2) is 36.5 Å². The van der Waals surface area contributed by atoms with Crippen LogP contribution in [0.25, 0.3) is 0 Å². The molecule has 1 amide bonds. The molecular formula is C20H21F3N2O2. The van der Waals surface area contributed by atoms with Crippen LogP contribution in [-0.4, -0.2) is 21.5 Å². The fourth-order valence-electron chi connectivity index (χ4n) is 3.47. The number of carbonyl (C=O) groups excluding carboxylic acids is 1. The van der Waals surface area contributed by atoms with Crippen LogP contribution in [0.1, 0.15) is 48.9 Å². The first-order valence-corrected chi connectivity index (χ1v) is 8.63. The van der Waals surface area contributed by atoms with E-state index < -0.39 is 29.8 Å². The molecule has 144 valence electrons. The van der Waals surface area contributed by atoms with Crippen molar-refractivity contribution in [2.24, 2.45) is 0 Å². The lowest BCUT2D eigenvalue weighted by atomic mass is 9.90. The van der Waals surface area contributed by atoms with Crippen molar-refractivity contribution in [1.29, 1.82) is 0 Å². The molecule has 0 aliphatic carbocycles. The van der Waals surface area contributed by atoms with E-state index in [9.17, 15) is 23.1 Å². The molecule has 0 spiro atoms. The third kappa shape index (κ3) is 3.56. The summed E-state index contributed by atoms with van der Waals surface area (Å²) in [6.07, 6.45) is -2.82. The number of aliphatic hydroxyl groups is 1. The molecule has 0 bridgehead atoms. The second-order valence-electron chi connectivity index (χ2n) is 7.66. The minimum atomic E-state index is -4.49. The zero-order valence-corrected chi connectivity index (χ0v) is 15.3. The third-order valence-electron chi connectivity index (χ3n) is 4.72. The molecule has 1 aliphatic rings. The van der Waals surface area contributed by atoms with Gasteiger partial charge in [0.15, 0.2) is 0 Å². The van der Waals surface area contributed by atoms with Gasteiger partial charge in [-0.15, -0.1) is 0 Å². The number of hydrogen-bond acceptors (Lipinski definition) is 3. The molecule has 1 N–H and O–H groups in total. The summed E-state index contributed by atoms with van der Waals surface area (Å²) in [5.74, 6) is -0.295. The molecule has 4 nitrogen and oxygen atoms in total. The highest BCUT2D eigenvalue weighted by Gasteiger charge is 2.43. The maximum absolute atomic E-state index is 13.1. The van der Waals surface area contributed by atoms with E-state index in [-0.39, 0.29) is 12.3 Å². The number of rotatable bonds is 3. The van der Waals surface area contributed by atoms with E-state index in [1.807, 2.05) is 20.8 Å². The van der Waals surface area contributed by atoms with Gasteiger partial charge in [-0.3, -0.25) is 9.69 Å². The molecule has 2 aromatic rings. The molecule has 0 saturated carbocycles. The van der Waals surface area contributed by atoms with Crippen molar-refractivity contribution in [1.82, 2.24) is 4.98 Å². The van der Waals surface area contributed by atoms with Crippen LogP contribution in [0.5, 0.6) is 0 Å². The summed E-state index contributed by atoms with van der Waals surface area (Å²) in [6.45, 7) is 5.26. The molecule has 27 heavy (non-hydrogen) atoms. The summed E-state index contributed by atoms with van der Waals surface area (Å²) in [5.41, 5.74) is 0.0902. The van der Waals surface area contributed by atoms with Gasteiger partial charge in [0, 0.05) is 17.3 Å². The summed E-state index contributed by atoms with van der Waals surface area (Å²) < 4.78 is 39.3. The lowest BCUT2D eigenvalue weighted by molar-refractivity contribution is -0.137. The Kier molecular flexibility index (Phi) is 4.76. The summed E-state index contributed by atoms with van der Waals surface area (Å²) in [5, 5.41) is 9.54. The van der Waals surface area contributed by atoms with E-state index in [2.05, 4.69) is 4.98 Å². The Hall–Kier alpha value is -2.41. The van der Waals surface area contributed by atoms with E-state index in [4.69, 9.17) is 0 Å². The Balaban J connectivity index is 2.05. The molecule has 0 radical (unpaired) electrons. The zero-order valence-electron chi connectivity index (χ0n) is 15.3. The Labute approximate surface area is 155 Å². The fourth-order valence-corrected chi connectivity index (χ4v) is 3.47. The molecular weight excluding hydrogens is 357 g/mol. The molecule has 3 rings (SSSR count). The molecule has 1 aliphatic heterocycles. The Bertz CT molecular complexity index is 872. The second-order valence-corrected chi connectivity index (χ2v) is 7.66. The van der Waals surface area contributed by atoms with Crippen LogP contribution >= 0.6 is 0 Å². The number of carbonyl (C=O) groups is 1. The minimum absolute atomic E-state index is 0.0733. The van der Waals surface area contributed by atoms with Crippen LogP contribution < -0.4 is 4.90 Å². The number of alkyl halides is 3. The number of aliphatic hydroxyl groups excluding tert-OH is 1. The number of halogens is 3. The number of nitrogens with zero attached hydrogens (tertiary/aromatic N) is 2. The quantitative estimate of drug-likeness (QED) is 0.876. The molecule has 2 heterocycles. The Morgan fingerprint density at radius 1 is 1.15 bits per heavy atom. The normalized spacial score (nSPS) is 17.4. The smallest absolute Gasteiger partial charge is 0.392 e. The first-order chi connectivity index (χ1) is 12.5. The maximum Gasteiger partial charge on any atom is 0.416 e. The van der Waals surface area contributed by atoms with Gasteiger partial charge in [-0.05, 0) is 56.5 Å². The lowest BCUT2D eigenvalue weighted by Crippen LogP contribution is -2.45. The fraction of sp³-hybridized carbons (Fsp3) is 0.400. The molecule has 1 aromatic heterocycles. The first-order valence-electron chi connectivity index (χ1n) is 8.63. The molecule has 0 saturated heterocycles. The van der Waals surface area contributed by atoms with Crippen molar-refractivity contribution >= 4 is 11.7 Å². The number of anilines is 1. The van der Waals surface area contributed by atoms with Gasteiger partial charge < -0.3 is 5.11 Å². The number of hydrogen-bond donors (Lipinski definition) is 1. The van der Waals surface area contributed by atoms with E-state index in [1.54, 1.807) is 23.2 Å². The van der Waals surface area contributed by atoms with Crippen molar-refractivity contribution < 1.29 is 23.1 Å². The molecule has 0 fully saturated rings. The standard InChI is InChI=1S/C20H21F3N2O2/c1-19(2,3)25-17-15(5-4-8-24-17)16(18(25)27)10-13-9-14(20(21,22)23)7-6-12(13)11-26/h4-9,16,26H,10-11H2,1-3H3. The third-order valence-corrected chi connectivity index (χ3v) is 4.72. The molecule has 1 aromatic carbocycles. The van der Waals surface area contributed by atoms with E-state index in [1.165, 1.54) is 6.07 Å². The van der Waals surface area contributed by atoms with Crippen molar-refractivity contribution in [3.05, 3.63) is 58.8 Å². The zero-order chi connectivity index (χ0) is 20.0. The average Bonchev–Trinajstić information content (AvgIpc) is 2.86. The molecule has 1 atom stereocenters. The predicted molar refractivity (Wildman–Crippen MR) is 95.3 cm³/mol. The van der Waals surface area contributed by atoms with Gasteiger partial charge in [0.2, 0.25) is 5.91 Å². The summed E-state index contributed by atoms with van der Waals surface area (Å²) >= 11 is 0. The Morgan fingerprint density at radius 3 is 2.44 bits per heavy atom. The number of amides is 1. The summed E-state index contributed by atoms with van der Waals surface area (Å²) in [4.78, 5) is 19.0. The summed E-state index contributed by atoms with van der Waals surface area (Å²) in [6, 6.07) is 6.73. The maximum atomic E-state index is 13.1. The lowest BCUT2D eigenvalue weighted by Gasteiger charge is -2.32. The van der Waals surface area contributed by atoms with Gasteiger partial charge in [-0.25, -0.2) is 4.98 Å². The highest BCUT2D eigenvalue weighted by Crippen LogP contribution is 2.42.